The molecule has 82 valence electrons. The molecule has 6 heteroatoms. The summed E-state index contributed by atoms with van der Waals surface area (Å²) in [5.41, 5.74) is 0. The molecule has 4 unspecified atom stereocenters. The molecule has 0 radical (unpaired) electrons. The van der Waals surface area contributed by atoms with Gasteiger partial charge in [-0.1, -0.05) is 0 Å². The lowest BCUT2D eigenvalue weighted by Gasteiger charge is -2.18. The van der Waals surface area contributed by atoms with Crippen LogP contribution in [0.5, 0.6) is 0 Å². The fourth-order valence-electron chi connectivity index (χ4n) is 2.23. The van der Waals surface area contributed by atoms with Gasteiger partial charge in [-0.2, -0.15) is 0 Å². The Kier molecular flexibility index (Phi) is 2.70. The summed E-state index contributed by atoms with van der Waals surface area (Å²) in [5.74, 6) is -0.465. The molecule has 0 saturated carbocycles. The summed E-state index contributed by atoms with van der Waals surface area (Å²) in [6.07, 6.45) is -4.40. The molecule has 2 rings (SSSR count). The smallest absolute Gasteiger partial charge is 0.251 e. The minimum atomic E-state index is -2.37. The lowest BCUT2D eigenvalue weighted by molar-refractivity contribution is -0.178. The Labute approximate surface area is 80.1 Å². The third kappa shape index (κ3) is 1.75. The highest BCUT2D eigenvalue weighted by atomic mass is 19.3. The largest absolute Gasteiger partial charge is 0.368 e. The van der Waals surface area contributed by atoms with Crippen LogP contribution < -0.4 is 0 Å². The molecule has 4 atom stereocenters. The van der Waals surface area contributed by atoms with Crippen molar-refractivity contribution in [1.29, 1.82) is 0 Å². The molecule has 0 aromatic heterocycles. The number of hydrogen-bond acceptors (Lipinski definition) is 4. The van der Waals surface area contributed by atoms with E-state index in [2.05, 4.69) is 0 Å². The van der Waals surface area contributed by atoms with E-state index in [1.54, 1.807) is 4.90 Å². The van der Waals surface area contributed by atoms with E-state index in [9.17, 15) is 19.0 Å². The summed E-state index contributed by atoms with van der Waals surface area (Å²) in [4.78, 5) is 1.55. The Balaban J connectivity index is 1.94. The van der Waals surface area contributed by atoms with Crippen molar-refractivity contribution in [3.05, 3.63) is 0 Å². The van der Waals surface area contributed by atoms with Gasteiger partial charge in [-0.15, -0.1) is 0 Å². The van der Waals surface area contributed by atoms with E-state index in [1.165, 1.54) is 0 Å². The van der Waals surface area contributed by atoms with Gasteiger partial charge in [0.05, 0.1) is 6.54 Å². The molecule has 0 spiro atoms. The second-order valence-electron chi connectivity index (χ2n) is 3.85. The quantitative estimate of drug-likeness (QED) is 0.641. The van der Waals surface area contributed by atoms with Crippen LogP contribution in [0.3, 0.4) is 0 Å². The molecule has 2 fully saturated rings. The summed E-state index contributed by atoms with van der Waals surface area (Å²) in [5, 5.41) is 18.7. The number of rotatable bonds is 2. The number of ether oxygens (including phenoxy) is 1. The maximum absolute atomic E-state index is 12.1. The first-order valence-corrected chi connectivity index (χ1v) is 4.60. The molecule has 0 aromatic rings. The van der Waals surface area contributed by atoms with Crippen molar-refractivity contribution in [2.24, 2.45) is 11.8 Å². The average molecular weight is 209 g/mol. The van der Waals surface area contributed by atoms with Crippen LogP contribution in [0.15, 0.2) is 0 Å². The van der Waals surface area contributed by atoms with Gasteiger partial charge >= 0.3 is 0 Å². The Hall–Kier alpha value is -0.300. The summed E-state index contributed by atoms with van der Waals surface area (Å²) >= 11 is 0. The molecule has 2 N–H and O–H groups in total. The molecule has 14 heavy (non-hydrogen) atoms. The van der Waals surface area contributed by atoms with Gasteiger partial charge in [0.2, 0.25) is 0 Å². The van der Waals surface area contributed by atoms with Crippen LogP contribution in [-0.2, 0) is 4.74 Å². The zero-order valence-electron chi connectivity index (χ0n) is 7.51. The van der Waals surface area contributed by atoms with Gasteiger partial charge in [-0.25, -0.2) is 8.78 Å². The first kappa shape index (κ1) is 10.2. The molecular weight excluding hydrogens is 196 g/mol. The molecular formula is C8H13F2NO3. The fourth-order valence-corrected chi connectivity index (χ4v) is 2.23. The van der Waals surface area contributed by atoms with Crippen molar-refractivity contribution in [3.8, 4) is 0 Å². The number of aliphatic hydroxyl groups excluding tert-OH is 2. The van der Waals surface area contributed by atoms with Crippen LogP contribution in [0.2, 0.25) is 0 Å². The molecule has 2 aliphatic rings. The standard InChI is InChI=1S/C8H13F2NO3/c9-6(10)3-11-1-4-5(2-11)8(13)14-7(4)12/h4-8,12-13H,1-3H2. The summed E-state index contributed by atoms with van der Waals surface area (Å²) in [7, 11) is 0. The Bertz CT molecular complexity index is 201. The number of aliphatic hydroxyl groups is 2. The monoisotopic (exact) mass is 209 g/mol. The highest BCUT2D eigenvalue weighted by molar-refractivity contribution is 4.91. The summed E-state index contributed by atoms with van der Waals surface area (Å²) < 4.78 is 28.9. The van der Waals surface area contributed by atoms with Crippen LogP contribution in [0, 0.1) is 11.8 Å². The van der Waals surface area contributed by atoms with Crippen LogP contribution >= 0.6 is 0 Å². The molecule has 0 aromatic carbocycles. The Morgan fingerprint density at radius 1 is 1.21 bits per heavy atom. The lowest BCUT2D eigenvalue weighted by atomic mass is 9.98. The Morgan fingerprint density at radius 3 is 2.14 bits per heavy atom. The molecule has 0 amide bonds. The van der Waals surface area contributed by atoms with Gasteiger partial charge in [-0.3, -0.25) is 4.90 Å². The number of alkyl halides is 2. The third-order valence-electron chi connectivity index (χ3n) is 2.90. The van der Waals surface area contributed by atoms with E-state index >= 15 is 0 Å². The second kappa shape index (κ2) is 3.69. The van der Waals surface area contributed by atoms with Crippen molar-refractivity contribution >= 4 is 0 Å². The van der Waals surface area contributed by atoms with Crippen molar-refractivity contribution in [2.75, 3.05) is 19.6 Å². The highest BCUT2D eigenvalue weighted by Crippen LogP contribution is 2.36. The van der Waals surface area contributed by atoms with E-state index in [0.717, 1.165) is 0 Å². The molecule has 2 saturated heterocycles. The number of likely N-dealkylation sites (tertiary alicyclic amines) is 1. The van der Waals surface area contributed by atoms with Crippen molar-refractivity contribution in [2.45, 2.75) is 19.0 Å². The minimum absolute atomic E-state index is 0.233. The van der Waals surface area contributed by atoms with Crippen LogP contribution in [0.1, 0.15) is 0 Å². The van der Waals surface area contributed by atoms with E-state index in [1.807, 2.05) is 0 Å². The molecule has 2 heterocycles. The zero-order chi connectivity index (χ0) is 10.3. The van der Waals surface area contributed by atoms with E-state index in [0.29, 0.717) is 13.1 Å². The number of fused-ring (bicyclic) bond motifs is 1. The van der Waals surface area contributed by atoms with Crippen LogP contribution in [0.4, 0.5) is 8.78 Å². The topological polar surface area (TPSA) is 52.9 Å². The summed E-state index contributed by atoms with van der Waals surface area (Å²) in [6, 6.07) is 0. The highest BCUT2D eigenvalue weighted by Gasteiger charge is 2.48. The van der Waals surface area contributed by atoms with Crippen molar-refractivity contribution in [1.82, 2.24) is 4.90 Å². The van der Waals surface area contributed by atoms with Gasteiger partial charge in [0.15, 0.2) is 12.6 Å². The first-order valence-electron chi connectivity index (χ1n) is 4.60. The number of hydrogen-bond donors (Lipinski definition) is 2. The van der Waals surface area contributed by atoms with Crippen molar-refractivity contribution < 1.29 is 23.7 Å². The van der Waals surface area contributed by atoms with Gasteiger partial charge < -0.3 is 14.9 Å². The van der Waals surface area contributed by atoms with E-state index in [-0.39, 0.29) is 18.4 Å². The van der Waals surface area contributed by atoms with Gasteiger partial charge in [-0.05, 0) is 0 Å². The van der Waals surface area contributed by atoms with Gasteiger partial charge in [0.25, 0.3) is 6.43 Å². The number of nitrogens with zero attached hydrogens (tertiary/aromatic N) is 1. The average Bonchev–Trinajstić information content (AvgIpc) is 2.55. The fraction of sp³-hybridized carbons (Fsp3) is 1.00. The first-order chi connectivity index (χ1) is 6.58. The molecule has 0 bridgehead atoms. The third-order valence-corrected chi connectivity index (χ3v) is 2.90. The van der Waals surface area contributed by atoms with Crippen LogP contribution in [0.25, 0.3) is 0 Å². The maximum atomic E-state index is 12.1. The minimum Gasteiger partial charge on any atom is -0.368 e. The molecule has 2 aliphatic heterocycles. The summed E-state index contributed by atoms with van der Waals surface area (Å²) in [6.45, 7) is 0.437. The number of halogens is 2. The lowest BCUT2D eigenvalue weighted by Crippen LogP contribution is -2.31. The predicted molar refractivity (Wildman–Crippen MR) is 42.5 cm³/mol. The molecule has 4 nitrogen and oxygen atoms in total. The normalized spacial score (nSPS) is 43.5. The molecule has 0 aliphatic carbocycles. The van der Waals surface area contributed by atoms with E-state index in [4.69, 9.17) is 4.74 Å². The second-order valence-corrected chi connectivity index (χ2v) is 3.85. The van der Waals surface area contributed by atoms with Gasteiger partial charge in [0, 0.05) is 24.9 Å². The SMILES string of the molecule is OC1OC(O)C2CN(CC(F)F)CC12. The Morgan fingerprint density at radius 2 is 1.71 bits per heavy atom. The zero-order valence-corrected chi connectivity index (χ0v) is 7.51. The van der Waals surface area contributed by atoms with Gasteiger partial charge in [0.1, 0.15) is 0 Å². The maximum Gasteiger partial charge on any atom is 0.251 e. The van der Waals surface area contributed by atoms with E-state index < -0.39 is 19.0 Å². The van der Waals surface area contributed by atoms with Crippen LogP contribution in [-0.4, -0.2) is 53.8 Å². The predicted octanol–water partition coefficient (Wildman–Crippen LogP) is -0.534. The van der Waals surface area contributed by atoms with Crippen molar-refractivity contribution in [3.63, 3.8) is 0 Å².